The average Bonchev–Trinajstić information content (AvgIpc) is 2.33. The number of ether oxygens (including phenoxy) is 1. The van der Waals surface area contributed by atoms with Gasteiger partial charge in [0.1, 0.15) is 6.04 Å². The van der Waals surface area contributed by atoms with Gasteiger partial charge in [0.25, 0.3) is 0 Å². The summed E-state index contributed by atoms with van der Waals surface area (Å²) in [4.78, 5) is 13.7. The minimum absolute atomic E-state index is 0.0430. The molecule has 1 aliphatic rings. The van der Waals surface area contributed by atoms with Gasteiger partial charge in [0, 0.05) is 11.0 Å². The van der Waals surface area contributed by atoms with E-state index in [0.717, 1.165) is 10.0 Å². The Hall–Kier alpha value is -0.950. The largest absolute Gasteiger partial charge is 0.396 e. The number of nitrogens with zero attached hydrogens (tertiary/aromatic N) is 1. The molecule has 6 heteroatoms. The first kappa shape index (κ1) is 15.4. The fraction of sp³-hybridized carbons (Fsp3) is 0.500. The van der Waals surface area contributed by atoms with Crippen LogP contribution in [0.4, 0.5) is 0 Å². The number of primary amides is 1. The van der Waals surface area contributed by atoms with Gasteiger partial charge in [-0.1, -0.05) is 28.1 Å². The number of nitrogens with two attached hydrogens (primary N) is 1. The molecule has 1 aliphatic heterocycles. The van der Waals surface area contributed by atoms with Crippen molar-refractivity contribution in [3.63, 3.8) is 0 Å². The van der Waals surface area contributed by atoms with Crippen LogP contribution in [-0.2, 0) is 9.53 Å². The van der Waals surface area contributed by atoms with Gasteiger partial charge in [0.05, 0.1) is 25.2 Å². The fourth-order valence-corrected chi connectivity index (χ4v) is 2.97. The third-order valence-electron chi connectivity index (χ3n) is 3.61. The van der Waals surface area contributed by atoms with Gasteiger partial charge >= 0.3 is 0 Å². The quantitative estimate of drug-likeness (QED) is 0.805. The number of benzene rings is 1. The van der Waals surface area contributed by atoms with Gasteiger partial charge in [0.2, 0.25) is 5.91 Å². The predicted molar refractivity (Wildman–Crippen MR) is 79.0 cm³/mol. The maximum atomic E-state index is 11.8. The molecule has 5 nitrogen and oxygen atoms in total. The fourth-order valence-electron chi connectivity index (χ4n) is 2.56. The van der Waals surface area contributed by atoms with Crippen molar-refractivity contribution >= 4 is 21.8 Å². The number of carbonyl (C=O) groups is 1. The summed E-state index contributed by atoms with van der Waals surface area (Å²) in [5.74, 6) is -0.404. The van der Waals surface area contributed by atoms with Crippen molar-refractivity contribution in [1.82, 2.24) is 4.90 Å². The normalized spacial score (nSPS) is 18.6. The Morgan fingerprint density at radius 2 is 2.30 bits per heavy atom. The molecule has 1 atom stereocenters. The number of amides is 1. The molecule has 1 heterocycles. The van der Waals surface area contributed by atoms with E-state index >= 15 is 0 Å². The Kier molecular flexibility index (Phi) is 4.80. The van der Waals surface area contributed by atoms with Gasteiger partial charge < -0.3 is 15.6 Å². The minimum atomic E-state index is -0.517. The molecule has 1 saturated heterocycles. The lowest BCUT2D eigenvalue weighted by Gasteiger charge is -2.43. The number of aliphatic hydroxyl groups is 1. The monoisotopic (exact) mass is 342 g/mol. The lowest BCUT2D eigenvalue weighted by Crippen LogP contribution is -2.54. The van der Waals surface area contributed by atoms with Gasteiger partial charge in [-0.15, -0.1) is 0 Å². The highest BCUT2D eigenvalue weighted by Gasteiger charge is 2.41. The Labute approximate surface area is 126 Å². The van der Waals surface area contributed by atoms with E-state index in [-0.39, 0.29) is 12.0 Å². The van der Waals surface area contributed by atoms with Crippen molar-refractivity contribution in [2.24, 2.45) is 11.1 Å². The zero-order chi connectivity index (χ0) is 14.8. The molecule has 1 unspecified atom stereocenters. The summed E-state index contributed by atoms with van der Waals surface area (Å²) < 4.78 is 6.09. The number of likely N-dealkylation sites (N-methyl/N-ethyl adjacent to an activating group) is 1. The standard InChI is InChI=1S/C14H19BrN2O3/c1-17(6-14(7-18)8-20-9-14)12(13(16)19)10-3-2-4-11(15)5-10/h2-5,12,18H,6-9H2,1H3,(H2,16,19). The molecule has 20 heavy (non-hydrogen) atoms. The van der Waals surface area contributed by atoms with E-state index in [1.165, 1.54) is 0 Å². The molecule has 0 spiro atoms. The highest BCUT2D eigenvalue weighted by molar-refractivity contribution is 9.10. The van der Waals surface area contributed by atoms with Crippen LogP contribution in [0.2, 0.25) is 0 Å². The van der Waals surface area contributed by atoms with Crippen molar-refractivity contribution < 1.29 is 14.6 Å². The Balaban J connectivity index is 2.18. The second-order valence-electron chi connectivity index (χ2n) is 5.43. The molecule has 0 bridgehead atoms. The molecule has 0 aliphatic carbocycles. The van der Waals surface area contributed by atoms with Crippen molar-refractivity contribution in [2.45, 2.75) is 6.04 Å². The molecule has 1 fully saturated rings. The van der Waals surface area contributed by atoms with Crippen LogP contribution in [-0.4, -0.2) is 49.3 Å². The molecular weight excluding hydrogens is 324 g/mol. The smallest absolute Gasteiger partial charge is 0.239 e. The second kappa shape index (κ2) is 6.22. The first-order chi connectivity index (χ1) is 9.47. The number of hydrogen-bond acceptors (Lipinski definition) is 4. The maximum Gasteiger partial charge on any atom is 0.239 e. The summed E-state index contributed by atoms with van der Waals surface area (Å²) in [7, 11) is 1.84. The van der Waals surface area contributed by atoms with Crippen molar-refractivity contribution in [2.75, 3.05) is 33.4 Å². The van der Waals surface area contributed by atoms with E-state index in [2.05, 4.69) is 15.9 Å². The van der Waals surface area contributed by atoms with Crippen molar-refractivity contribution in [3.8, 4) is 0 Å². The lowest BCUT2D eigenvalue weighted by molar-refractivity contribution is -0.152. The highest BCUT2D eigenvalue weighted by Crippen LogP contribution is 2.31. The van der Waals surface area contributed by atoms with Crippen molar-refractivity contribution in [3.05, 3.63) is 34.3 Å². The Morgan fingerprint density at radius 1 is 1.60 bits per heavy atom. The molecule has 1 amide bonds. The van der Waals surface area contributed by atoms with Gasteiger partial charge in [-0.3, -0.25) is 9.69 Å². The van der Waals surface area contributed by atoms with Crippen LogP contribution in [0.15, 0.2) is 28.7 Å². The topological polar surface area (TPSA) is 75.8 Å². The van der Waals surface area contributed by atoms with E-state index in [9.17, 15) is 9.90 Å². The molecule has 110 valence electrons. The molecular formula is C14H19BrN2O3. The van der Waals surface area contributed by atoms with E-state index in [1.54, 1.807) is 0 Å². The van der Waals surface area contributed by atoms with E-state index in [1.807, 2.05) is 36.2 Å². The zero-order valence-electron chi connectivity index (χ0n) is 11.4. The number of halogens is 1. The molecule has 0 aromatic heterocycles. The van der Waals surface area contributed by atoms with Crippen LogP contribution in [0.25, 0.3) is 0 Å². The average molecular weight is 343 g/mol. The summed E-state index contributed by atoms with van der Waals surface area (Å²) in [5.41, 5.74) is 6.10. The van der Waals surface area contributed by atoms with Gasteiger partial charge in [-0.05, 0) is 24.7 Å². The molecule has 1 aromatic rings. The molecule has 0 saturated carbocycles. The third-order valence-corrected chi connectivity index (χ3v) is 4.10. The van der Waals surface area contributed by atoms with Crippen LogP contribution >= 0.6 is 15.9 Å². The first-order valence-electron chi connectivity index (χ1n) is 6.41. The molecule has 1 aromatic carbocycles. The van der Waals surface area contributed by atoms with Crippen molar-refractivity contribution in [1.29, 1.82) is 0 Å². The van der Waals surface area contributed by atoms with E-state index in [4.69, 9.17) is 10.5 Å². The molecule has 3 N–H and O–H groups in total. The van der Waals surface area contributed by atoms with E-state index < -0.39 is 11.9 Å². The molecule has 2 rings (SSSR count). The number of hydrogen-bond donors (Lipinski definition) is 2. The van der Waals surface area contributed by atoms with Gasteiger partial charge in [0.15, 0.2) is 0 Å². The second-order valence-corrected chi connectivity index (χ2v) is 6.34. The molecule has 0 radical (unpaired) electrons. The van der Waals surface area contributed by atoms with Crippen LogP contribution < -0.4 is 5.73 Å². The maximum absolute atomic E-state index is 11.8. The zero-order valence-corrected chi connectivity index (χ0v) is 13.0. The van der Waals surface area contributed by atoms with Crippen LogP contribution in [0, 0.1) is 5.41 Å². The van der Waals surface area contributed by atoms with Crippen LogP contribution in [0.1, 0.15) is 11.6 Å². The minimum Gasteiger partial charge on any atom is -0.396 e. The lowest BCUT2D eigenvalue weighted by atomic mass is 9.85. The summed E-state index contributed by atoms with van der Waals surface area (Å²) in [6.07, 6.45) is 0. The van der Waals surface area contributed by atoms with Gasteiger partial charge in [-0.25, -0.2) is 0 Å². The summed E-state index contributed by atoms with van der Waals surface area (Å²) in [6.45, 7) is 1.63. The van der Waals surface area contributed by atoms with E-state index in [0.29, 0.717) is 19.8 Å². The summed E-state index contributed by atoms with van der Waals surface area (Å²) in [6, 6.07) is 7.01. The summed E-state index contributed by atoms with van der Waals surface area (Å²) in [5, 5.41) is 9.49. The van der Waals surface area contributed by atoms with Crippen LogP contribution in [0.3, 0.4) is 0 Å². The SMILES string of the molecule is CN(CC1(CO)COC1)C(C(N)=O)c1cccc(Br)c1. The van der Waals surface area contributed by atoms with Crippen LogP contribution in [0.5, 0.6) is 0 Å². The summed E-state index contributed by atoms with van der Waals surface area (Å²) >= 11 is 3.40. The number of rotatable bonds is 6. The van der Waals surface area contributed by atoms with Gasteiger partial charge in [-0.2, -0.15) is 0 Å². The Morgan fingerprint density at radius 3 is 2.75 bits per heavy atom. The number of carbonyl (C=O) groups excluding carboxylic acids is 1. The number of aliphatic hydroxyl groups excluding tert-OH is 1. The first-order valence-corrected chi connectivity index (χ1v) is 7.20. The predicted octanol–water partition coefficient (Wildman–Crippen LogP) is 0.916. The Bertz CT molecular complexity index is 486. The highest BCUT2D eigenvalue weighted by atomic mass is 79.9. The third kappa shape index (κ3) is 3.20.